The van der Waals surface area contributed by atoms with Gasteiger partial charge in [0.2, 0.25) is 5.91 Å². The van der Waals surface area contributed by atoms with Gasteiger partial charge in [-0.05, 0) is 51.7 Å². The molecule has 2 atom stereocenters. The van der Waals surface area contributed by atoms with E-state index in [-0.39, 0.29) is 24.0 Å². The molecule has 0 saturated carbocycles. The lowest BCUT2D eigenvalue weighted by Crippen LogP contribution is -2.59. The number of ether oxygens (including phenoxy) is 2. The first-order valence-electron chi connectivity index (χ1n) is 12.2. The van der Waals surface area contributed by atoms with Crippen LogP contribution in [0.1, 0.15) is 38.7 Å². The van der Waals surface area contributed by atoms with Crippen molar-refractivity contribution in [3.8, 4) is 5.82 Å². The van der Waals surface area contributed by atoms with Crippen molar-refractivity contribution in [3.05, 3.63) is 64.6 Å². The van der Waals surface area contributed by atoms with Crippen molar-refractivity contribution in [2.45, 2.75) is 31.9 Å². The molecule has 0 aliphatic carbocycles. The van der Waals surface area contributed by atoms with Crippen LogP contribution in [-0.4, -0.2) is 92.3 Å². The van der Waals surface area contributed by atoms with Crippen molar-refractivity contribution in [2.75, 3.05) is 39.4 Å². The maximum absolute atomic E-state index is 13.1. The van der Waals surface area contributed by atoms with Gasteiger partial charge in [-0.2, -0.15) is 4.68 Å². The average Bonchev–Trinajstić information content (AvgIpc) is 3.44. The zero-order valence-corrected chi connectivity index (χ0v) is 20.0. The molecule has 0 bridgehead atoms. The second kappa shape index (κ2) is 9.40. The Morgan fingerprint density at radius 3 is 2.94 bits per heavy atom. The van der Waals surface area contributed by atoms with E-state index in [0.717, 1.165) is 41.8 Å². The van der Waals surface area contributed by atoms with Crippen LogP contribution >= 0.6 is 0 Å². The topological polar surface area (TPSA) is 116 Å². The number of hydrogen-bond donors (Lipinski definition) is 0. The molecule has 2 aromatic heterocycles. The number of benzene rings is 1. The van der Waals surface area contributed by atoms with Crippen LogP contribution in [0, 0.1) is 6.92 Å². The van der Waals surface area contributed by atoms with Crippen LogP contribution in [0.4, 0.5) is 0 Å². The van der Waals surface area contributed by atoms with Crippen molar-refractivity contribution in [1.82, 2.24) is 35.0 Å². The molecule has 0 N–H and O–H groups in total. The third kappa shape index (κ3) is 4.35. The third-order valence-corrected chi connectivity index (χ3v) is 7.30. The van der Waals surface area contributed by atoms with Crippen molar-refractivity contribution in [2.24, 2.45) is 0 Å². The first-order chi connectivity index (χ1) is 17.5. The number of piperazine rings is 1. The Morgan fingerprint density at radius 1 is 1.19 bits per heavy atom. The fraction of sp³-hybridized carbons (Fsp3) is 0.440. The zero-order valence-electron chi connectivity index (χ0n) is 20.0. The molecule has 5 heterocycles. The van der Waals surface area contributed by atoms with Crippen LogP contribution in [0.5, 0.6) is 0 Å². The number of rotatable bonds is 4. The van der Waals surface area contributed by atoms with Crippen LogP contribution in [0.25, 0.3) is 5.82 Å². The Hall–Kier alpha value is -3.70. The molecule has 2 unspecified atom stereocenters. The molecule has 1 amide bonds. The lowest BCUT2D eigenvalue weighted by Gasteiger charge is -2.46. The zero-order chi connectivity index (χ0) is 24.6. The number of aromatic nitrogens is 5. The number of nitrogens with zero attached hydrogens (tertiary/aromatic N) is 7. The first-order valence-corrected chi connectivity index (χ1v) is 12.2. The van der Waals surface area contributed by atoms with Gasteiger partial charge in [0.1, 0.15) is 6.33 Å². The van der Waals surface area contributed by atoms with Crippen LogP contribution in [0.3, 0.4) is 0 Å². The maximum Gasteiger partial charge on any atom is 0.338 e. The number of esters is 1. The molecule has 0 spiro atoms. The van der Waals surface area contributed by atoms with E-state index >= 15 is 0 Å². The third-order valence-electron chi connectivity index (χ3n) is 7.30. The van der Waals surface area contributed by atoms with Gasteiger partial charge < -0.3 is 14.4 Å². The Kier molecular flexibility index (Phi) is 5.94. The number of carbonyl (C=O) groups is 2. The summed E-state index contributed by atoms with van der Waals surface area (Å²) in [7, 11) is 0. The molecule has 186 valence electrons. The van der Waals surface area contributed by atoms with Gasteiger partial charge in [0.05, 0.1) is 37.3 Å². The summed E-state index contributed by atoms with van der Waals surface area (Å²) in [6.45, 7) is 5.88. The lowest BCUT2D eigenvalue weighted by atomic mass is 9.96. The van der Waals surface area contributed by atoms with Gasteiger partial charge >= 0.3 is 5.97 Å². The number of cyclic esters (lactones) is 1. The van der Waals surface area contributed by atoms with Gasteiger partial charge in [-0.1, -0.05) is 12.1 Å². The van der Waals surface area contributed by atoms with E-state index in [2.05, 4.69) is 31.5 Å². The van der Waals surface area contributed by atoms with Gasteiger partial charge in [0, 0.05) is 38.8 Å². The lowest BCUT2D eigenvalue weighted by molar-refractivity contribution is -0.139. The minimum absolute atomic E-state index is 0.0424. The monoisotopic (exact) mass is 489 g/mol. The average molecular weight is 490 g/mol. The summed E-state index contributed by atoms with van der Waals surface area (Å²) in [6, 6.07) is 7.96. The molecule has 2 saturated heterocycles. The van der Waals surface area contributed by atoms with Crippen molar-refractivity contribution >= 4 is 11.9 Å². The minimum Gasteiger partial charge on any atom is -0.462 e. The number of amides is 1. The SMILES string of the molecule is Cc1cc(-n2cnnn2)ncc1CC(=O)N1CCN2CC(c3ccc4c(c3)CCOC4=O)OCC2C1. The standard InChI is InChI=1S/C25H27N7O4/c1-16-8-23(32-15-27-28-29-32)26-11-19(16)10-24(33)31-6-5-30-13-22(36-14-20(30)12-31)18-2-3-21-17(9-18)4-7-35-25(21)34/h2-3,8-9,11,15,20,22H,4-7,10,12-14H2,1H3. The van der Waals surface area contributed by atoms with E-state index in [9.17, 15) is 9.59 Å². The molecule has 11 nitrogen and oxygen atoms in total. The maximum atomic E-state index is 13.1. The number of pyridine rings is 1. The largest absolute Gasteiger partial charge is 0.462 e. The highest BCUT2D eigenvalue weighted by Crippen LogP contribution is 2.29. The van der Waals surface area contributed by atoms with E-state index in [0.29, 0.717) is 44.1 Å². The number of aryl methyl sites for hydroxylation is 1. The Morgan fingerprint density at radius 2 is 2.11 bits per heavy atom. The minimum atomic E-state index is -0.248. The molecule has 11 heteroatoms. The summed E-state index contributed by atoms with van der Waals surface area (Å²) in [4.78, 5) is 33.8. The highest BCUT2D eigenvalue weighted by Gasteiger charge is 2.36. The highest BCUT2D eigenvalue weighted by molar-refractivity contribution is 5.92. The molecule has 1 aromatic carbocycles. The summed E-state index contributed by atoms with van der Waals surface area (Å²) in [5.74, 6) is 0.469. The van der Waals surface area contributed by atoms with Gasteiger partial charge in [0.25, 0.3) is 0 Å². The number of fused-ring (bicyclic) bond motifs is 2. The van der Waals surface area contributed by atoms with Crippen molar-refractivity contribution < 1.29 is 19.1 Å². The van der Waals surface area contributed by atoms with E-state index in [1.807, 2.05) is 30.0 Å². The predicted octanol–water partition coefficient (Wildman–Crippen LogP) is 0.905. The Balaban J connectivity index is 1.07. The second-order valence-electron chi connectivity index (χ2n) is 9.51. The van der Waals surface area contributed by atoms with Crippen LogP contribution in [0.2, 0.25) is 0 Å². The summed E-state index contributed by atoms with van der Waals surface area (Å²) in [5.41, 5.74) is 4.65. The van der Waals surface area contributed by atoms with Crippen LogP contribution in [-0.2, 0) is 27.1 Å². The smallest absolute Gasteiger partial charge is 0.338 e. The van der Waals surface area contributed by atoms with Crippen LogP contribution < -0.4 is 0 Å². The number of tetrazole rings is 1. The highest BCUT2D eigenvalue weighted by atomic mass is 16.5. The molecule has 3 aliphatic rings. The number of morpholine rings is 1. The normalized spacial score (nSPS) is 22.0. The van der Waals surface area contributed by atoms with E-state index < -0.39 is 0 Å². The van der Waals surface area contributed by atoms with Crippen LogP contribution in [0.15, 0.2) is 36.8 Å². The van der Waals surface area contributed by atoms with E-state index in [1.54, 1.807) is 6.20 Å². The summed E-state index contributed by atoms with van der Waals surface area (Å²) in [5, 5.41) is 11.1. The molecule has 6 rings (SSSR count). The summed E-state index contributed by atoms with van der Waals surface area (Å²) < 4.78 is 12.9. The molecule has 36 heavy (non-hydrogen) atoms. The van der Waals surface area contributed by atoms with Gasteiger partial charge in [-0.25, -0.2) is 9.78 Å². The predicted molar refractivity (Wildman–Crippen MR) is 126 cm³/mol. The van der Waals surface area contributed by atoms with Gasteiger partial charge in [-0.3, -0.25) is 9.69 Å². The Labute approximate surface area is 208 Å². The molecule has 2 fully saturated rings. The van der Waals surface area contributed by atoms with E-state index in [1.165, 1.54) is 11.0 Å². The Bertz CT molecular complexity index is 1300. The second-order valence-corrected chi connectivity index (χ2v) is 9.51. The quantitative estimate of drug-likeness (QED) is 0.493. The molecule has 3 aromatic rings. The van der Waals surface area contributed by atoms with Crippen molar-refractivity contribution in [3.63, 3.8) is 0 Å². The fourth-order valence-electron chi connectivity index (χ4n) is 5.18. The molecule has 0 radical (unpaired) electrons. The first kappa shape index (κ1) is 22.7. The number of carbonyl (C=O) groups excluding carboxylic acids is 2. The summed E-state index contributed by atoms with van der Waals surface area (Å²) in [6.07, 6.45) is 4.22. The van der Waals surface area contributed by atoms with Gasteiger partial charge in [0.15, 0.2) is 5.82 Å². The fourth-order valence-corrected chi connectivity index (χ4v) is 5.18. The van der Waals surface area contributed by atoms with Crippen molar-refractivity contribution in [1.29, 1.82) is 0 Å². The molecular weight excluding hydrogens is 462 g/mol. The molecular formula is C25H27N7O4. The molecule has 3 aliphatic heterocycles. The summed E-state index contributed by atoms with van der Waals surface area (Å²) >= 11 is 0. The van der Waals surface area contributed by atoms with Gasteiger partial charge in [-0.15, -0.1) is 5.10 Å². The number of hydrogen-bond acceptors (Lipinski definition) is 9. The van der Waals surface area contributed by atoms with E-state index in [4.69, 9.17) is 9.47 Å².